The van der Waals surface area contributed by atoms with Gasteiger partial charge in [-0.05, 0) is 25.0 Å². The summed E-state index contributed by atoms with van der Waals surface area (Å²) in [7, 11) is -4.45. The van der Waals surface area contributed by atoms with E-state index in [1.807, 2.05) is 0 Å². The van der Waals surface area contributed by atoms with Crippen molar-refractivity contribution in [1.82, 2.24) is 5.32 Å². The van der Waals surface area contributed by atoms with Crippen LogP contribution in [-0.4, -0.2) is 73.1 Å². The molecule has 0 aromatic heterocycles. The Morgan fingerprint density at radius 3 is 2.56 bits per heavy atom. The Hall–Kier alpha value is -1.36. The van der Waals surface area contributed by atoms with Gasteiger partial charge in [0.15, 0.2) is 31.2 Å². The minimum Gasteiger partial charge on any atom is -0.493 e. The lowest BCUT2D eigenvalue weighted by Gasteiger charge is -2.22. The molecule has 10 heteroatoms. The molecule has 2 saturated heterocycles. The van der Waals surface area contributed by atoms with Crippen LogP contribution in [0.5, 0.6) is 11.5 Å². The first-order chi connectivity index (χ1) is 12.8. The molecule has 2 aliphatic rings. The minimum atomic E-state index is -3.88. The molecule has 1 N–H and O–H groups in total. The third-order valence-electron chi connectivity index (χ3n) is 5.01. The molecule has 152 valence electrons. The van der Waals surface area contributed by atoms with Crippen LogP contribution in [0, 0.1) is 0 Å². The number of ether oxygens (including phenoxy) is 3. The van der Waals surface area contributed by atoms with Gasteiger partial charge in [-0.3, -0.25) is 0 Å². The van der Waals surface area contributed by atoms with Gasteiger partial charge in [0.25, 0.3) is 0 Å². The second kappa shape index (κ2) is 7.94. The van der Waals surface area contributed by atoms with Crippen LogP contribution in [0.3, 0.4) is 0 Å². The SMILES string of the molecule is COc1ccc(S(=O)(=O)[C@H]2CS(=O)(=O)C[C@@H]2NCC2CCCO2)cc1OC. The van der Waals surface area contributed by atoms with E-state index >= 15 is 0 Å². The molecule has 0 saturated carbocycles. The van der Waals surface area contributed by atoms with E-state index in [9.17, 15) is 16.8 Å². The Morgan fingerprint density at radius 2 is 1.93 bits per heavy atom. The molecule has 1 aromatic carbocycles. The van der Waals surface area contributed by atoms with E-state index in [1.165, 1.54) is 32.4 Å². The highest BCUT2D eigenvalue weighted by Crippen LogP contribution is 2.33. The van der Waals surface area contributed by atoms with Gasteiger partial charge in [-0.2, -0.15) is 0 Å². The summed E-state index contributed by atoms with van der Waals surface area (Å²) >= 11 is 0. The summed E-state index contributed by atoms with van der Waals surface area (Å²) in [6.45, 7) is 1.13. The molecular formula is C17H25NO7S2. The van der Waals surface area contributed by atoms with E-state index in [4.69, 9.17) is 14.2 Å². The van der Waals surface area contributed by atoms with Gasteiger partial charge in [0.1, 0.15) is 0 Å². The Bertz CT molecular complexity index is 877. The second-order valence-corrected chi connectivity index (χ2v) is 11.1. The van der Waals surface area contributed by atoms with Gasteiger partial charge in [0.2, 0.25) is 0 Å². The number of hydrogen-bond donors (Lipinski definition) is 1. The maximum absolute atomic E-state index is 13.2. The van der Waals surface area contributed by atoms with Crippen LogP contribution in [-0.2, 0) is 24.4 Å². The van der Waals surface area contributed by atoms with E-state index in [1.54, 1.807) is 0 Å². The summed E-state index contributed by atoms with van der Waals surface area (Å²) in [6.07, 6.45) is 1.85. The number of sulfone groups is 2. The van der Waals surface area contributed by atoms with Crippen molar-refractivity contribution >= 4 is 19.7 Å². The lowest BCUT2D eigenvalue weighted by atomic mass is 10.2. The van der Waals surface area contributed by atoms with Crippen molar-refractivity contribution in [3.8, 4) is 11.5 Å². The highest BCUT2D eigenvalue weighted by Gasteiger charge is 2.46. The molecule has 1 unspecified atom stereocenters. The Kier molecular flexibility index (Phi) is 5.99. The molecule has 8 nitrogen and oxygen atoms in total. The molecule has 1 aromatic rings. The second-order valence-electron chi connectivity index (χ2n) is 6.83. The quantitative estimate of drug-likeness (QED) is 0.677. The average molecular weight is 420 g/mol. The van der Waals surface area contributed by atoms with Gasteiger partial charge in [-0.1, -0.05) is 0 Å². The predicted octanol–water partition coefficient (Wildman–Crippen LogP) is 0.412. The van der Waals surface area contributed by atoms with Crippen LogP contribution in [0.1, 0.15) is 12.8 Å². The van der Waals surface area contributed by atoms with E-state index in [-0.39, 0.29) is 22.5 Å². The van der Waals surface area contributed by atoms with Crippen LogP contribution in [0.4, 0.5) is 0 Å². The largest absolute Gasteiger partial charge is 0.493 e. The summed E-state index contributed by atoms with van der Waals surface area (Å²) in [5.41, 5.74) is 0. The molecule has 27 heavy (non-hydrogen) atoms. The first kappa shape index (κ1) is 20.4. The molecule has 0 aliphatic carbocycles. The van der Waals surface area contributed by atoms with Gasteiger partial charge >= 0.3 is 0 Å². The third kappa shape index (κ3) is 4.39. The molecular weight excluding hydrogens is 394 g/mol. The van der Waals surface area contributed by atoms with Crippen molar-refractivity contribution in [2.24, 2.45) is 0 Å². The number of nitrogens with one attached hydrogen (secondary N) is 1. The van der Waals surface area contributed by atoms with Crippen LogP contribution >= 0.6 is 0 Å². The summed E-state index contributed by atoms with van der Waals surface area (Å²) in [4.78, 5) is 0.0196. The number of methoxy groups -OCH3 is 2. The van der Waals surface area contributed by atoms with E-state index in [0.717, 1.165) is 12.8 Å². The highest BCUT2D eigenvalue weighted by molar-refractivity contribution is 7.96. The maximum atomic E-state index is 13.2. The lowest BCUT2D eigenvalue weighted by molar-refractivity contribution is 0.108. The van der Waals surface area contributed by atoms with Gasteiger partial charge in [0.05, 0.1) is 42.0 Å². The maximum Gasteiger partial charge on any atom is 0.183 e. The average Bonchev–Trinajstić information content (AvgIpc) is 3.26. The van der Waals surface area contributed by atoms with E-state index < -0.39 is 36.7 Å². The Labute approximate surface area is 160 Å². The van der Waals surface area contributed by atoms with Crippen molar-refractivity contribution < 1.29 is 31.0 Å². The van der Waals surface area contributed by atoms with Crippen molar-refractivity contribution in [2.75, 3.05) is 38.9 Å². The first-order valence-corrected chi connectivity index (χ1v) is 12.1. The summed E-state index contributed by atoms with van der Waals surface area (Å²) in [6, 6.07) is 3.62. The minimum absolute atomic E-state index is 0.00209. The summed E-state index contributed by atoms with van der Waals surface area (Å²) in [5.74, 6) is 0.0934. The van der Waals surface area contributed by atoms with Crippen LogP contribution in [0.15, 0.2) is 23.1 Å². The highest BCUT2D eigenvalue weighted by atomic mass is 32.2. The Balaban J connectivity index is 1.85. The predicted molar refractivity (Wildman–Crippen MR) is 99.9 cm³/mol. The topological polar surface area (TPSA) is 108 Å². The van der Waals surface area contributed by atoms with Crippen molar-refractivity contribution in [1.29, 1.82) is 0 Å². The number of rotatable bonds is 7. The number of hydrogen-bond acceptors (Lipinski definition) is 8. The third-order valence-corrected chi connectivity index (χ3v) is 9.16. The lowest BCUT2D eigenvalue weighted by Crippen LogP contribution is -2.45. The van der Waals surface area contributed by atoms with E-state index in [0.29, 0.717) is 18.9 Å². The molecule has 2 aliphatic heterocycles. The van der Waals surface area contributed by atoms with Gasteiger partial charge in [0, 0.05) is 25.3 Å². The molecule has 3 rings (SSSR count). The van der Waals surface area contributed by atoms with Crippen LogP contribution in [0.2, 0.25) is 0 Å². The van der Waals surface area contributed by atoms with Crippen LogP contribution < -0.4 is 14.8 Å². The number of benzene rings is 1. The molecule has 0 radical (unpaired) electrons. The Morgan fingerprint density at radius 1 is 1.19 bits per heavy atom. The first-order valence-electron chi connectivity index (χ1n) is 8.78. The zero-order chi connectivity index (χ0) is 19.7. The zero-order valence-electron chi connectivity index (χ0n) is 15.4. The molecule has 2 fully saturated rings. The molecule has 2 heterocycles. The molecule has 0 spiro atoms. The normalized spacial score (nSPS) is 27.6. The fourth-order valence-electron chi connectivity index (χ4n) is 3.57. The van der Waals surface area contributed by atoms with Gasteiger partial charge in [-0.25, -0.2) is 16.8 Å². The molecule has 3 atom stereocenters. The van der Waals surface area contributed by atoms with Crippen molar-refractivity contribution in [3.63, 3.8) is 0 Å². The standard InChI is InChI=1S/C17H25NO7S2/c1-23-15-6-5-13(8-16(15)24-2)27(21,22)17-11-26(19,20)10-14(17)18-9-12-4-3-7-25-12/h5-6,8,12,14,17-18H,3-4,7,9-11H2,1-2H3/t12?,14-,17-/m0/s1. The zero-order valence-corrected chi connectivity index (χ0v) is 17.0. The van der Waals surface area contributed by atoms with Crippen LogP contribution in [0.25, 0.3) is 0 Å². The molecule has 0 bridgehead atoms. The monoisotopic (exact) mass is 419 g/mol. The smallest absolute Gasteiger partial charge is 0.183 e. The molecule has 0 amide bonds. The summed E-state index contributed by atoms with van der Waals surface area (Å²) in [5, 5.41) is 2.06. The van der Waals surface area contributed by atoms with E-state index in [2.05, 4.69) is 5.32 Å². The van der Waals surface area contributed by atoms with Crippen molar-refractivity contribution in [2.45, 2.75) is 35.1 Å². The van der Waals surface area contributed by atoms with Gasteiger partial charge in [-0.15, -0.1) is 0 Å². The fourth-order valence-corrected chi connectivity index (χ4v) is 8.30. The fraction of sp³-hybridized carbons (Fsp3) is 0.647. The van der Waals surface area contributed by atoms with Crippen molar-refractivity contribution in [3.05, 3.63) is 18.2 Å². The van der Waals surface area contributed by atoms with Gasteiger partial charge < -0.3 is 19.5 Å². The summed E-state index contributed by atoms with van der Waals surface area (Å²) < 4.78 is 66.5.